The van der Waals surface area contributed by atoms with E-state index >= 15 is 0 Å². The van der Waals surface area contributed by atoms with Crippen LogP contribution in [0.3, 0.4) is 0 Å². The topological polar surface area (TPSA) is 90.1 Å². The lowest BCUT2D eigenvalue weighted by molar-refractivity contribution is -0.390. The predicted molar refractivity (Wildman–Crippen MR) is 81.0 cm³/mol. The predicted octanol–water partition coefficient (Wildman–Crippen LogP) is 2.75. The van der Waals surface area contributed by atoms with Crippen molar-refractivity contribution in [1.82, 2.24) is 9.78 Å². The van der Waals surface area contributed by atoms with Crippen molar-refractivity contribution in [2.75, 3.05) is 5.32 Å². The van der Waals surface area contributed by atoms with Crippen LogP contribution < -0.4 is 5.32 Å². The molecule has 0 aliphatic heterocycles. The molecule has 0 saturated heterocycles. The summed E-state index contributed by atoms with van der Waals surface area (Å²) in [5, 5.41) is 17.2. The number of anilines is 1. The van der Waals surface area contributed by atoms with E-state index in [1.165, 1.54) is 10.9 Å². The zero-order valence-corrected chi connectivity index (χ0v) is 12.8. The minimum Gasteiger partial charge on any atom is -0.358 e. The number of halogens is 1. The van der Waals surface area contributed by atoms with E-state index < -0.39 is 4.92 Å². The van der Waals surface area contributed by atoms with E-state index in [0.29, 0.717) is 0 Å². The molecule has 0 spiro atoms. The molecule has 1 amide bonds. The molecule has 1 N–H and O–H groups in total. The summed E-state index contributed by atoms with van der Waals surface area (Å²) >= 11 is 3.04. The summed E-state index contributed by atoms with van der Waals surface area (Å²) in [5.74, 6) is -0.599. The van der Waals surface area contributed by atoms with Gasteiger partial charge in [0.2, 0.25) is 5.91 Å². The van der Waals surface area contributed by atoms with Crippen LogP contribution in [-0.4, -0.2) is 20.6 Å². The summed E-state index contributed by atoms with van der Waals surface area (Å²) in [5.41, 5.74) is 1.77. The molecule has 21 heavy (non-hydrogen) atoms. The van der Waals surface area contributed by atoms with E-state index in [4.69, 9.17) is 0 Å². The molecule has 0 saturated carbocycles. The number of hydrogen-bond acceptors (Lipinski definition) is 4. The van der Waals surface area contributed by atoms with Gasteiger partial charge in [-0.25, -0.2) is 0 Å². The van der Waals surface area contributed by atoms with E-state index in [-0.39, 0.29) is 22.7 Å². The fourth-order valence-electron chi connectivity index (χ4n) is 1.88. The number of para-hydroxylation sites is 1. The van der Waals surface area contributed by atoms with Crippen molar-refractivity contribution in [2.24, 2.45) is 0 Å². The Morgan fingerprint density at radius 2 is 2.19 bits per heavy atom. The van der Waals surface area contributed by atoms with Gasteiger partial charge in [0.25, 0.3) is 0 Å². The number of nitro groups is 1. The quantitative estimate of drug-likeness (QED) is 0.661. The number of amides is 1. The van der Waals surface area contributed by atoms with Crippen LogP contribution in [0.25, 0.3) is 0 Å². The Kier molecular flexibility index (Phi) is 4.69. The number of carbonyl (C=O) groups is 1. The number of aromatic nitrogens is 2. The average Bonchev–Trinajstić information content (AvgIpc) is 2.80. The maximum absolute atomic E-state index is 12.0. The van der Waals surface area contributed by atoms with Crippen LogP contribution in [-0.2, 0) is 17.8 Å². The van der Waals surface area contributed by atoms with Gasteiger partial charge in [-0.15, -0.1) is 0 Å². The summed E-state index contributed by atoms with van der Waals surface area (Å²) in [6.45, 7) is 1.91. The van der Waals surface area contributed by atoms with Gasteiger partial charge < -0.3 is 15.4 Å². The third-order valence-corrected chi connectivity index (χ3v) is 3.41. The second kappa shape index (κ2) is 6.49. The Balaban J connectivity index is 2.08. The third-order valence-electron chi connectivity index (χ3n) is 2.85. The number of carbonyl (C=O) groups excluding carboxylic acids is 1. The number of aryl methyl sites for hydroxylation is 1. The van der Waals surface area contributed by atoms with Crippen molar-refractivity contribution in [3.63, 3.8) is 0 Å². The molecule has 0 radical (unpaired) electrons. The number of nitrogens with zero attached hydrogens (tertiary/aromatic N) is 3. The minimum absolute atomic E-state index is 0.0928. The van der Waals surface area contributed by atoms with Crippen LogP contribution in [0.1, 0.15) is 12.5 Å². The second-order valence-corrected chi connectivity index (χ2v) is 5.17. The molecule has 8 heteroatoms. The van der Waals surface area contributed by atoms with Crippen molar-refractivity contribution in [2.45, 2.75) is 19.9 Å². The Morgan fingerprint density at radius 1 is 1.48 bits per heavy atom. The summed E-state index contributed by atoms with van der Waals surface area (Å²) in [6.07, 6.45) is 2.21. The molecule has 0 aliphatic rings. The molecule has 0 aliphatic carbocycles. The van der Waals surface area contributed by atoms with Crippen LogP contribution in [0.2, 0.25) is 0 Å². The van der Waals surface area contributed by atoms with Crippen molar-refractivity contribution < 1.29 is 9.72 Å². The molecule has 2 rings (SSSR count). The Morgan fingerprint density at radius 3 is 2.81 bits per heavy atom. The normalized spacial score (nSPS) is 10.4. The number of nitrogens with one attached hydrogen (secondary N) is 1. The Bertz CT molecular complexity index is 684. The highest BCUT2D eigenvalue weighted by Crippen LogP contribution is 2.22. The second-order valence-electron chi connectivity index (χ2n) is 4.31. The van der Waals surface area contributed by atoms with Crippen LogP contribution in [0.4, 0.5) is 11.5 Å². The molecular weight excluding hydrogens is 340 g/mol. The highest BCUT2D eigenvalue weighted by molar-refractivity contribution is 9.10. The summed E-state index contributed by atoms with van der Waals surface area (Å²) < 4.78 is 1.47. The Labute approximate surface area is 129 Å². The van der Waals surface area contributed by atoms with E-state index in [1.807, 2.05) is 31.2 Å². The van der Waals surface area contributed by atoms with Crippen molar-refractivity contribution >= 4 is 33.3 Å². The first-order valence-electron chi connectivity index (χ1n) is 6.26. The van der Waals surface area contributed by atoms with Crippen LogP contribution in [0.5, 0.6) is 0 Å². The fraction of sp³-hybridized carbons (Fsp3) is 0.231. The van der Waals surface area contributed by atoms with Gasteiger partial charge >= 0.3 is 5.82 Å². The van der Waals surface area contributed by atoms with Crippen LogP contribution in [0.15, 0.2) is 34.9 Å². The maximum Gasteiger partial charge on any atom is 0.404 e. The smallest absolute Gasteiger partial charge is 0.358 e. The standard InChI is InChI=1S/C13H13BrN4O3/c1-2-9-5-3-4-6-11(9)15-12(19)8-17-7-10(14)13(16-17)18(20)21/h3-7H,2,8H2,1H3,(H,15,19). The average molecular weight is 353 g/mol. The van der Waals surface area contributed by atoms with Crippen molar-refractivity contribution in [1.29, 1.82) is 0 Å². The molecule has 0 atom stereocenters. The lowest BCUT2D eigenvalue weighted by Gasteiger charge is -2.08. The van der Waals surface area contributed by atoms with Gasteiger partial charge in [-0.1, -0.05) is 25.1 Å². The van der Waals surface area contributed by atoms with Gasteiger partial charge in [0.05, 0.1) is 11.3 Å². The first-order chi connectivity index (χ1) is 10.0. The van der Waals surface area contributed by atoms with Crippen molar-refractivity contribution in [3.8, 4) is 0 Å². The minimum atomic E-state index is -0.606. The maximum atomic E-state index is 12.0. The Hall–Kier alpha value is -2.22. The molecule has 0 unspecified atom stereocenters. The molecule has 2 aromatic rings. The van der Waals surface area contributed by atoms with Gasteiger partial charge in [0.1, 0.15) is 11.0 Å². The van der Waals surface area contributed by atoms with Gasteiger partial charge in [0.15, 0.2) is 0 Å². The molecule has 1 heterocycles. The largest absolute Gasteiger partial charge is 0.404 e. The fourth-order valence-corrected chi connectivity index (χ4v) is 2.34. The monoisotopic (exact) mass is 352 g/mol. The molecule has 0 fully saturated rings. The first-order valence-corrected chi connectivity index (χ1v) is 7.05. The van der Waals surface area contributed by atoms with E-state index in [0.717, 1.165) is 17.7 Å². The van der Waals surface area contributed by atoms with E-state index in [9.17, 15) is 14.9 Å². The summed E-state index contributed by atoms with van der Waals surface area (Å²) in [7, 11) is 0. The van der Waals surface area contributed by atoms with Gasteiger partial charge in [-0.2, -0.15) is 4.68 Å². The summed E-state index contributed by atoms with van der Waals surface area (Å²) in [4.78, 5) is 22.1. The number of benzene rings is 1. The van der Waals surface area contributed by atoms with E-state index in [1.54, 1.807) is 0 Å². The van der Waals surface area contributed by atoms with Crippen LogP contribution >= 0.6 is 15.9 Å². The molecule has 7 nitrogen and oxygen atoms in total. The lowest BCUT2D eigenvalue weighted by atomic mass is 10.1. The molecule has 110 valence electrons. The highest BCUT2D eigenvalue weighted by Gasteiger charge is 2.20. The van der Waals surface area contributed by atoms with Crippen LogP contribution in [0, 0.1) is 10.1 Å². The summed E-state index contributed by atoms with van der Waals surface area (Å²) in [6, 6.07) is 7.50. The molecular formula is C13H13BrN4O3. The van der Waals surface area contributed by atoms with Gasteiger partial charge in [-0.05, 0) is 38.9 Å². The third kappa shape index (κ3) is 3.66. The van der Waals surface area contributed by atoms with Gasteiger partial charge in [0, 0.05) is 5.69 Å². The zero-order valence-electron chi connectivity index (χ0n) is 11.2. The van der Waals surface area contributed by atoms with E-state index in [2.05, 4.69) is 26.3 Å². The van der Waals surface area contributed by atoms with Crippen molar-refractivity contribution in [3.05, 3.63) is 50.6 Å². The zero-order chi connectivity index (χ0) is 15.4. The molecule has 1 aromatic heterocycles. The first kappa shape index (κ1) is 15.2. The van der Waals surface area contributed by atoms with Gasteiger partial charge in [-0.3, -0.25) is 4.79 Å². The highest BCUT2D eigenvalue weighted by atomic mass is 79.9. The SMILES string of the molecule is CCc1ccccc1NC(=O)Cn1cc(Br)c([N+](=O)[O-])n1. The lowest BCUT2D eigenvalue weighted by Crippen LogP contribution is -2.19. The molecule has 1 aromatic carbocycles. The number of rotatable bonds is 5. The molecule has 0 bridgehead atoms. The number of hydrogen-bond donors (Lipinski definition) is 1.